The van der Waals surface area contributed by atoms with Crippen molar-refractivity contribution in [1.29, 1.82) is 0 Å². The second-order valence-electron chi connectivity index (χ2n) is 7.64. The smallest absolute Gasteiger partial charge is 0.406 e. The molecule has 3 N–H and O–H groups in total. The minimum Gasteiger partial charge on any atom is -0.406 e. The lowest BCUT2D eigenvalue weighted by Crippen LogP contribution is -2.29. The van der Waals surface area contributed by atoms with Gasteiger partial charge in [0.05, 0.1) is 11.1 Å². The van der Waals surface area contributed by atoms with E-state index in [4.69, 9.17) is 5.73 Å². The highest BCUT2D eigenvalue weighted by atomic mass is 19.4. The fourth-order valence-corrected chi connectivity index (χ4v) is 3.74. The van der Waals surface area contributed by atoms with E-state index in [0.29, 0.717) is 37.2 Å². The Morgan fingerprint density at radius 1 is 1.13 bits per heavy atom. The first-order valence-corrected chi connectivity index (χ1v) is 9.82. The molecule has 0 bridgehead atoms. The van der Waals surface area contributed by atoms with E-state index in [1.54, 1.807) is 31.6 Å². The number of hydrogen-bond donors (Lipinski definition) is 2. The van der Waals surface area contributed by atoms with Crippen molar-refractivity contribution in [2.75, 3.05) is 12.4 Å². The predicted molar refractivity (Wildman–Crippen MR) is 110 cm³/mol. The van der Waals surface area contributed by atoms with Crippen molar-refractivity contribution in [2.24, 2.45) is 5.73 Å². The highest BCUT2D eigenvalue weighted by Gasteiger charge is 2.51. The first-order valence-electron chi connectivity index (χ1n) is 9.82. The molecule has 1 aliphatic rings. The number of nitrogens with one attached hydrogen (secondary N) is 1. The molecule has 1 aromatic carbocycles. The number of aryl methyl sites for hydroxylation is 2. The highest BCUT2D eigenvalue weighted by Crippen LogP contribution is 2.47. The lowest BCUT2D eigenvalue weighted by Gasteiger charge is -2.15. The summed E-state index contributed by atoms with van der Waals surface area (Å²) in [6, 6.07) is 7.73. The highest BCUT2D eigenvalue weighted by molar-refractivity contribution is 5.96. The number of carbonyl (C=O) groups excluding carboxylic acids is 1. The van der Waals surface area contributed by atoms with Gasteiger partial charge in [0.25, 0.3) is 0 Å². The lowest BCUT2D eigenvalue weighted by atomic mass is 9.96. The Bertz CT molecular complexity index is 1130. The molecule has 0 saturated heterocycles. The van der Waals surface area contributed by atoms with Crippen molar-refractivity contribution < 1.29 is 22.7 Å². The van der Waals surface area contributed by atoms with Crippen molar-refractivity contribution >= 4 is 22.5 Å². The number of carbonyl (C=O) groups is 1. The van der Waals surface area contributed by atoms with Gasteiger partial charge in [0.15, 0.2) is 0 Å². The standard InChI is InChI=1S/C22H21F3N4O2/c1-27-19-17-12-28-18(21(8-9-21)20(26)30)10-16(17)14(11-29-19)5-2-13-3-6-15(7-4-13)31-22(23,24)25/h3-4,6-7,10-12H,2,5,8-9H2,1H3,(H2,26,30)(H,27,29). The molecule has 2 aromatic heterocycles. The lowest BCUT2D eigenvalue weighted by molar-refractivity contribution is -0.274. The minimum atomic E-state index is -4.71. The van der Waals surface area contributed by atoms with Crippen molar-refractivity contribution in [2.45, 2.75) is 37.5 Å². The summed E-state index contributed by atoms with van der Waals surface area (Å²) in [6.45, 7) is 0. The molecule has 2 heterocycles. The van der Waals surface area contributed by atoms with Crippen LogP contribution in [0.15, 0.2) is 42.7 Å². The number of ether oxygens (including phenoxy) is 1. The van der Waals surface area contributed by atoms with Crippen LogP contribution >= 0.6 is 0 Å². The zero-order valence-corrected chi connectivity index (χ0v) is 16.8. The maximum absolute atomic E-state index is 12.3. The average Bonchev–Trinajstić information content (AvgIpc) is 3.54. The maximum Gasteiger partial charge on any atom is 0.573 e. The second-order valence-corrected chi connectivity index (χ2v) is 7.64. The Kier molecular flexibility index (Phi) is 5.20. The molecule has 6 nitrogen and oxygen atoms in total. The van der Waals surface area contributed by atoms with E-state index < -0.39 is 11.8 Å². The van der Waals surface area contributed by atoms with Crippen LogP contribution in [-0.2, 0) is 23.1 Å². The van der Waals surface area contributed by atoms with Crippen LogP contribution in [0.4, 0.5) is 19.0 Å². The summed E-state index contributed by atoms with van der Waals surface area (Å²) in [5.41, 5.74) is 7.39. The van der Waals surface area contributed by atoms with E-state index in [0.717, 1.165) is 21.9 Å². The largest absolute Gasteiger partial charge is 0.573 e. The SMILES string of the molecule is CNc1ncc(CCc2ccc(OC(F)(F)F)cc2)c2cc(C3(C(N)=O)CC3)ncc12. The summed E-state index contributed by atoms with van der Waals surface area (Å²) in [4.78, 5) is 20.9. The van der Waals surface area contributed by atoms with E-state index >= 15 is 0 Å². The Labute approximate surface area is 176 Å². The van der Waals surface area contributed by atoms with E-state index in [1.807, 2.05) is 6.07 Å². The van der Waals surface area contributed by atoms with Gasteiger partial charge >= 0.3 is 6.36 Å². The number of halogens is 3. The van der Waals surface area contributed by atoms with Gasteiger partial charge in [-0.2, -0.15) is 0 Å². The van der Waals surface area contributed by atoms with Gasteiger partial charge in [0, 0.05) is 24.8 Å². The molecule has 31 heavy (non-hydrogen) atoms. The number of alkyl halides is 3. The van der Waals surface area contributed by atoms with Gasteiger partial charge in [0.2, 0.25) is 5.91 Å². The summed E-state index contributed by atoms with van der Waals surface area (Å²) in [7, 11) is 1.77. The fourth-order valence-electron chi connectivity index (χ4n) is 3.74. The third-order valence-corrected chi connectivity index (χ3v) is 5.64. The van der Waals surface area contributed by atoms with Crippen molar-refractivity contribution in [3.05, 3.63) is 59.5 Å². The number of fused-ring (bicyclic) bond motifs is 1. The molecule has 9 heteroatoms. The molecule has 4 rings (SSSR count). The molecule has 3 aromatic rings. The van der Waals surface area contributed by atoms with Gasteiger partial charge in [-0.1, -0.05) is 12.1 Å². The summed E-state index contributed by atoms with van der Waals surface area (Å²) < 4.78 is 40.9. The molecule has 162 valence electrons. The molecule has 1 aliphatic carbocycles. The van der Waals surface area contributed by atoms with Crippen molar-refractivity contribution in [1.82, 2.24) is 9.97 Å². The molecule has 0 unspecified atom stereocenters. The van der Waals surface area contributed by atoms with Crippen LogP contribution in [0, 0.1) is 0 Å². The molecular weight excluding hydrogens is 409 g/mol. The molecule has 1 saturated carbocycles. The first kappa shape index (κ1) is 20.9. The number of nitrogens with two attached hydrogens (primary N) is 1. The number of hydrogen-bond acceptors (Lipinski definition) is 5. The quantitative estimate of drug-likeness (QED) is 0.594. The Morgan fingerprint density at radius 2 is 1.84 bits per heavy atom. The Hall–Kier alpha value is -3.36. The van der Waals surface area contributed by atoms with Gasteiger partial charge in [-0.05, 0) is 60.4 Å². The number of pyridine rings is 2. The van der Waals surface area contributed by atoms with E-state index in [9.17, 15) is 18.0 Å². The average molecular weight is 430 g/mol. The number of primary amides is 1. The normalized spacial score (nSPS) is 15.0. The van der Waals surface area contributed by atoms with E-state index in [2.05, 4.69) is 20.0 Å². The number of nitrogens with zero attached hydrogens (tertiary/aromatic N) is 2. The predicted octanol–water partition coefficient (Wildman–Crippen LogP) is 3.87. The summed E-state index contributed by atoms with van der Waals surface area (Å²) >= 11 is 0. The topological polar surface area (TPSA) is 90.1 Å². The summed E-state index contributed by atoms with van der Waals surface area (Å²) in [5.74, 6) is 0.0546. The van der Waals surface area contributed by atoms with Crippen molar-refractivity contribution in [3.63, 3.8) is 0 Å². The van der Waals surface area contributed by atoms with Crippen LogP contribution in [0.3, 0.4) is 0 Å². The molecule has 0 aliphatic heterocycles. The molecule has 1 amide bonds. The minimum absolute atomic E-state index is 0.251. The number of amides is 1. The molecule has 0 radical (unpaired) electrons. The summed E-state index contributed by atoms with van der Waals surface area (Å²) in [5, 5.41) is 4.80. The fraction of sp³-hybridized carbons (Fsp3) is 0.318. The second kappa shape index (κ2) is 7.72. The Balaban J connectivity index is 1.60. The molecule has 1 fully saturated rings. The number of benzene rings is 1. The van der Waals surface area contributed by atoms with Gasteiger partial charge in [-0.3, -0.25) is 9.78 Å². The zero-order chi connectivity index (χ0) is 22.2. The third-order valence-electron chi connectivity index (χ3n) is 5.64. The van der Waals surface area contributed by atoms with Crippen molar-refractivity contribution in [3.8, 4) is 5.75 Å². The monoisotopic (exact) mass is 430 g/mol. The van der Waals surface area contributed by atoms with Crippen LogP contribution in [0.25, 0.3) is 10.8 Å². The maximum atomic E-state index is 12.3. The van der Waals surface area contributed by atoms with Crippen LogP contribution in [0.2, 0.25) is 0 Å². The van der Waals surface area contributed by atoms with Crippen LogP contribution in [0.5, 0.6) is 5.75 Å². The van der Waals surface area contributed by atoms with Gasteiger partial charge in [-0.25, -0.2) is 4.98 Å². The van der Waals surface area contributed by atoms with Gasteiger partial charge in [-0.15, -0.1) is 13.2 Å². The van der Waals surface area contributed by atoms with Crippen LogP contribution in [0.1, 0.15) is 29.7 Å². The molecule has 0 spiro atoms. The molecular formula is C22H21F3N4O2. The van der Waals surface area contributed by atoms with E-state index in [-0.39, 0.29) is 11.7 Å². The van der Waals surface area contributed by atoms with E-state index in [1.165, 1.54) is 12.1 Å². The zero-order valence-electron chi connectivity index (χ0n) is 16.8. The number of rotatable bonds is 7. The van der Waals surface area contributed by atoms with Crippen LogP contribution < -0.4 is 15.8 Å². The van der Waals surface area contributed by atoms with Gasteiger partial charge in [0.1, 0.15) is 11.6 Å². The third kappa shape index (κ3) is 4.26. The summed E-state index contributed by atoms with van der Waals surface area (Å²) in [6.07, 6.45) is 1.35. The molecule has 0 atom stereocenters. The first-order chi connectivity index (χ1) is 14.7. The Morgan fingerprint density at radius 3 is 2.42 bits per heavy atom. The number of anilines is 1. The van der Waals surface area contributed by atoms with Crippen LogP contribution in [-0.4, -0.2) is 29.3 Å². The number of aromatic nitrogens is 2. The van der Waals surface area contributed by atoms with Gasteiger partial charge < -0.3 is 15.8 Å².